The molecule has 0 aromatic heterocycles. The van der Waals surface area contributed by atoms with Crippen molar-refractivity contribution in [2.24, 2.45) is 5.73 Å². The summed E-state index contributed by atoms with van der Waals surface area (Å²) in [5, 5.41) is 0. The molecule has 0 bridgehead atoms. The highest BCUT2D eigenvalue weighted by molar-refractivity contribution is 5.41. The molecule has 2 N–H and O–H groups in total. The largest absolute Gasteiger partial charge is 0.497 e. The second-order valence-corrected chi connectivity index (χ2v) is 5.52. The standard InChI is InChI=1S/C14H22N2O2/c1-14(2,15)10-16-6-7-18-13-8-12(17-3)5-4-11(13)9-16/h4-5,8H,6-7,9-10,15H2,1-3H3. The average molecular weight is 250 g/mol. The van der Waals surface area contributed by atoms with Crippen molar-refractivity contribution in [3.63, 3.8) is 0 Å². The number of benzene rings is 1. The topological polar surface area (TPSA) is 47.7 Å². The Morgan fingerprint density at radius 1 is 1.44 bits per heavy atom. The van der Waals surface area contributed by atoms with Gasteiger partial charge in [-0.3, -0.25) is 4.90 Å². The van der Waals surface area contributed by atoms with Crippen molar-refractivity contribution in [1.29, 1.82) is 0 Å². The number of ether oxygens (including phenoxy) is 2. The molecule has 0 unspecified atom stereocenters. The molecule has 100 valence electrons. The van der Waals surface area contributed by atoms with E-state index in [0.29, 0.717) is 6.61 Å². The molecule has 0 atom stereocenters. The summed E-state index contributed by atoms with van der Waals surface area (Å²) in [6.07, 6.45) is 0. The third-order valence-electron chi connectivity index (χ3n) is 2.96. The van der Waals surface area contributed by atoms with Crippen molar-refractivity contribution in [1.82, 2.24) is 4.90 Å². The minimum absolute atomic E-state index is 0.184. The lowest BCUT2D eigenvalue weighted by Gasteiger charge is -2.28. The van der Waals surface area contributed by atoms with Crippen molar-refractivity contribution >= 4 is 0 Å². The van der Waals surface area contributed by atoms with Crippen molar-refractivity contribution in [2.45, 2.75) is 25.9 Å². The van der Waals surface area contributed by atoms with E-state index < -0.39 is 0 Å². The number of rotatable bonds is 3. The van der Waals surface area contributed by atoms with Crippen LogP contribution >= 0.6 is 0 Å². The SMILES string of the molecule is COc1ccc2c(c1)OCCN(CC(C)(C)N)C2. The molecule has 0 radical (unpaired) electrons. The average Bonchev–Trinajstić information content (AvgIpc) is 2.47. The number of hydrogen-bond acceptors (Lipinski definition) is 4. The van der Waals surface area contributed by atoms with Crippen LogP contribution in [0.2, 0.25) is 0 Å². The second kappa shape index (κ2) is 5.16. The van der Waals surface area contributed by atoms with E-state index in [1.807, 2.05) is 26.0 Å². The smallest absolute Gasteiger partial charge is 0.127 e. The monoisotopic (exact) mass is 250 g/mol. The molecule has 0 amide bonds. The Balaban J connectivity index is 2.14. The minimum Gasteiger partial charge on any atom is -0.497 e. The zero-order chi connectivity index (χ0) is 13.2. The molecular weight excluding hydrogens is 228 g/mol. The quantitative estimate of drug-likeness (QED) is 0.885. The predicted molar refractivity (Wildman–Crippen MR) is 72.0 cm³/mol. The molecular formula is C14H22N2O2. The second-order valence-electron chi connectivity index (χ2n) is 5.52. The van der Waals surface area contributed by atoms with Gasteiger partial charge in [-0.05, 0) is 19.9 Å². The first kappa shape index (κ1) is 13.2. The maximum absolute atomic E-state index is 6.08. The Bertz CT molecular complexity index is 413. The molecule has 1 aliphatic heterocycles. The Morgan fingerprint density at radius 2 is 2.22 bits per heavy atom. The van der Waals surface area contributed by atoms with Crippen molar-refractivity contribution in [2.75, 3.05) is 26.8 Å². The van der Waals surface area contributed by atoms with Gasteiger partial charge in [-0.1, -0.05) is 6.07 Å². The normalized spacial score (nSPS) is 16.7. The molecule has 0 saturated carbocycles. The van der Waals surface area contributed by atoms with E-state index in [1.54, 1.807) is 7.11 Å². The Labute approximate surface area is 109 Å². The number of nitrogens with two attached hydrogens (primary N) is 1. The molecule has 1 aliphatic rings. The first-order valence-electron chi connectivity index (χ1n) is 6.29. The Kier molecular flexibility index (Phi) is 3.78. The van der Waals surface area contributed by atoms with Gasteiger partial charge >= 0.3 is 0 Å². The van der Waals surface area contributed by atoms with Gasteiger partial charge in [0.1, 0.15) is 18.1 Å². The van der Waals surface area contributed by atoms with Crippen LogP contribution in [0.15, 0.2) is 18.2 Å². The summed E-state index contributed by atoms with van der Waals surface area (Å²) in [7, 11) is 1.67. The van der Waals surface area contributed by atoms with Crippen LogP contribution in [0.1, 0.15) is 19.4 Å². The summed E-state index contributed by atoms with van der Waals surface area (Å²) in [6, 6.07) is 5.99. The van der Waals surface area contributed by atoms with Gasteiger partial charge in [0.05, 0.1) is 7.11 Å². The highest BCUT2D eigenvalue weighted by Crippen LogP contribution is 2.28. The summed E-state index contributed by atoms with van der Waals surface area (Å²) in [6.45, 7) is 7.43. The van der Waals surface area contributed by atoms with Crippen LogP contribution in [0.3, 0.4) is 0 Å². The zero-order valence-electron chi connectivity index (χ0n) is 11.4. The molecule has 2 rings (SSSR count). The first-order valence-corrected chi connectivity index (χ1v) is 6.29. The lowest BCUT2D eigenvalue weighted by molar-refractivity contribution is 0.195. The van der Waals surface area contributed by atoms with Crippen molar-refractivity contribution < 1.29 is 9.47 Å². The molecule has 1 aromatic rings. The number of nitrogens with zero attached hydrogens (tertiary/aromatic N) is 1. The molecule has 0 aliphatic carbocycles. The van der Waals surface area contributed by atoms with E-state index in [2.05, 4.69) is 11.0 Å². The van der Waals surface area contributed by atoms with Crippen molar-refractivity contribution in [3.05, 3.63) is 23.8 Å². The van der Waals surface area contributed by atoms with Crippen LogP contribution in [0.4, 0.5) is 0 Å². The van der Waals surface area contributed by atoms with Gasteiger partial charge < -0.3 is 15.2 Å². The van der Waals surface area contributed by atoms with Gasteiger partial charge in [-0.25, -0.2) is 0 Å². The van der Waals surface area contributed by atoms with Gasteiger partial charge in [0.2, 0.25) is 0 Å². The molecule has 1 aromatic carbocycles. The number of fused-ring (bicyclic) bond motifs is 1. The van der Waals surface area contributed by atoms with Gasteiger partial charge in [0.15, 0.2) is 0 Å². The summed E-state index contributed by atoms with van der Waals surface area (Å²) < 4.78 is 11.0. The fraction of sp³-hybridized carbons (Fsp3) is 0.571. The maximum Gasteiger partial charge on any atom is 0.127 e. The first-order chi connectivity index (χ1) is 8.48. The maximum atomic E-state index is 6.08. The number of methoxy groups -OCH3 is 1. The van der Waals surface area contributed by atoms with E-state index >= 15 is 0 Å². The zero-order valence-corrected chi connectivity index (χ0v) is 11.4. The lowest BCUT2D eigenvalue weighted by Crippen LogP contribution is -2.45. The van der Waals surface area contributed by atoms with Gasteiger partial charge in [0.25, 0.3) is 0 Å². The van der Waals surface area contributed by atoms with E-state index in [4.69, 9.17) is 15.2 Å². The van der Waals surface area contributed by atoms with Crippen LogP contribution in [-0.2, 0) is 6.54 Å². The highest BCUT2D eigenvalue weighted by atomic mass is 16.5. The lowest BCUT2D eigenvalue weighted by atomic mass is 10.1. The Morgan fingerprint density at radius 3 is 2.89 bits per heavy atom. The summed E-state index contributed by atoms with van der Waals surface area (Å²) >= 11 is 0. The van der Waals surface area contributed by atoms with Crippen LogP contribution in [0.5, 0.6) is 11.5 Å². The van der Waals surface area contributed by atoms with Crippen LogP contribution in [0, 0.1) is 0 Å². The highest BCUT2D eigenvalue weighted by Gasteiger charge is 2.21. The van der Waals surface area contributed by atoms with Gasteiger partial charge in [-0.2, -0.15) is 0 Å². The third kappa shape index (κ3) is 3.37. The van der Waals surface area contributed by atoms with E-state index in [0.717, 1.165) is 31.1 Å². The molecule has 4 heteroatoms. The van der Waals surface area contributed by atoms with Gasteiger partial charge in [-0.15, -0.1) is 0 Å². The van der Waals surface area contributed by atoms with Crippen molar-refractivity contribution in [3.8, 4) is 11.5 Å². The fourth-order valence-corrected chi connectivity index (χ4v) is 2.24. The van der Waals surface area contributed by atoms with E-state index in [9.17, 15) is 0 Å². The van der Waals surface area contributed by atoms with Crippen LogP contribution in [-0.4, -0.2) is 37.2 Å². The fourth-order valence-electron chi connectivity index (χ4n) is 2.24. The molecule has 0 saturated heterocycles. The molecule has 1 heterocycles. The third-order valence-corrected chi connectivity index (χ3v) is 2.96. The predicted octanol–water partition coefficient (Wildman–Crippen LogP) is 1.63. The molecule has 18 heavy (non-hydrogen) atoms. The summed E-state index contributed by atoms with van der Waals surface area (Å²) in [5.74, 6) is 1.76. The minimum atomic E-state index is -0.184. The van der Waals surface area contributed by atoms with E-state index in [-0.39, 0.29) is 5.54 Å². The Hall–Kier alpha value is -1.26. The van der Waals surface area contributed by atoms with E-state index in [1.165, 1.54) is 5.56 Å². The van der Waals surface area contributed by atoms with Crippen LogP contribution in [0.25, 0.3) is 0 Å². The summed E-state index contributed by atoms with van der Waals surface area (Å²) in [5.41, 5.74) is 7.09. The molecule has 4 nitrogen and oxygen atoms in total. The van der Waals surface area contributed by atoms with Crippen LogP contribution < -0.4 is 15.2 Å². The number of hydrogen-bond donors (Lipinski definition) is 1. The summed E-state index contributed by atoms with van der Waals surface area (Å²) in [4.78, 5) is 2.33. The molecule has 0 spiro atoms. The van der Waals surface area contributed by atoms with Gasteiger partial charge in [0, 0.05) is 36.8 Å². The molecule has 0 fully saturated rings.